The van der Waals surface area contributed by atoms with E-state index in [1.165, 1.54) is 27.7 Å². The molecule has 0 bridgehead atoms. The van der Waals surface area contributed by atoms with Gasteiger partial charge in [-0.25, -0.2) is 0 Å². The molecule has 1 aliphatic heterocycles. The largest absolute Gasteiger partial charge is 0.347 e. The number of hydrogen-bond donors (Lipinski definition) is 1. The van der Waals surface area contributed by atoms with Crippen LogP contribution in [0.1, 0.15) is 48.6 Å². The number of hydrogen-bond acceptors (Lipinski definition) is 2. The Hall–Kier alpha value is -2.13. The number of aromatic nitrogens is 2. The van der Waals surface area contributed by atoms with Crippen molar-refractivity contribution in [3.63, 3.8) is 0 Å². The third-order valence-corrected chi connectivity index (χ3v) is 6.04. The molecular weight excluding hydrogens is 318 g/mol. The molecule has 1 aliphatic rings. The molecule has 1 N–H and O–H groups in total. The van der Waals surface area contributed by atoms with Gasteiger partial charge >= 0.3 is 0 Å². The highest BCUT2D eigenvalue weighted by atomic mass is 15.0. The van der Waals surface area contributed by atoms with Gasteiger partial charge in [-0.05, 0) is 61.1 Å². The summed E-state index contributed by atoms with van der Waals surface area (Å²) in [6, 6.07) is 11.1. The van der Waals surface area contributed by atoms with Gasteiger partial charge in [0.1, 0.15) is 0 Å². The monoisotopic (exact) mass is 347 g/mol. The number of rotatable bonds is 3. The van der Waals surface area contributed by atoms with Crippen LogP contribution in [0.25, 0.3) is 10.9 Å². The van der Waals surface area contributed by atoms with Gasteiger partial charge in [-0.2, -0.15) is 0 Å². The summed E-state index contributed by atoms with van der Waals surface area (Å²) in [5.41, 5.74) is 7.19. The molecule has 3 heteroatoms. The third-order valence-electron chi connectivity index (χ3n) is 6.04. The van der Waals surface area contributed by atoms with Crippen molar-refractivity contribution in [3.05, 3.63) is 65.1 Å². The summed E-state index contributed by atoms with van der Waals surface area (Å²) >= 11 is 0. The zero-order valence-electron chi connectivity index (χ0n) is 16.3. The van der Waals surface area contributed by atoms with E-state index in [-0.39, 0.29) is 5.41 Å². The molecule has 0 aliphatic carbocycles. The molecule has 3 nitrogen and oxygen atoms in total. The predicted molar refractivity (Wildman–Crippen MR) is 109 cm³/mol. The van der Waals surface area contributed by atoms with Crippen LogP contribution in [0.2, 0.25) is 0 Å². The van der Waals surface area contributed by atoms with Crippen LogP contribution >= 0.6 is 0 Å². The summed E-state index contributed by atoms with van der Waals surface area (Å²) in [4.78, 5) is 4.35. The van der Waals surface area contributed by atoms with E-state index in [4.69, 9.17) is 0 Å². The fraction of sp³-hybridized carbons (Fsp3) is 0.435. The minimum Gasteiger partial charge on any atom is -0.347 e. The average molecular weight is 348 g/mol. The van der Waals surface area contributed by atoms with Crippen molar-refractivity contribution in [2.45, 2.75) is 44.9 Å². The van der Waals surface area contributed by atoms with E-state index in [0.29, 0.717) is 5.92 Å². The molecule has 0 fully saturated rings. The molecule has 0 spiro atoms. The summed E-state index contributed by atoms with van der Waals surface area (Å²) < 4.78 is 2.45. The van der Waals surface area contributed by atoms with Gasteiger partial charge in [-0.1, -0.05) is 31.5 Å². The molecule has 0 amide bonds. The molecule has 4 rings (SSSR count). The maximum Gasteiger partial charge on any atom is 0.0483 e. The maximum absolute atomic E-state index is 4.35. The van der Waals surface area contributed by atoms with Gasteiger partial charge in [0.15, 0.2) is 0 Å². The Morgan fingerprint density at radius 1 is 1.27 bits per heavy atom. The third kappa shape index (κ3) is 2.95. The van der Waals surface area contributed by atoms with Crippen LogP contribution in [0, 0.1) is 6.92 Å². The van der Waals surface area contributed by atoms with Crippen molar-refractivity contribution in [1.29, 1.82) is 0 Å². The highest BCUT2D eigenvalue weighted by Gasteiger charge is 2.31. The van der Waals surface area contributed by atoms with E-state index in [2.05, 4.69) is 67.0 Å². The number of nitrogens with zero attached hydrogens (tertiary/aromatic N) is 2. The summed E-state index contributed by atoms with van der Waals surface area (Å²) in [6.07, 6.45) is 6.11. The molecule has 26 heavy (non-hydrogen) atoms. The Kier molecular flexibility index (Phi) is 4.36. The molecule has 0 radical (unpaired) electrons. The van der Waals surface area contributed by atoms with E-state index < -0.39 is 0 Å². The lowest BCUT2D eigenvalue weighted by molar-refractivity contribution is 0.405. The Morgan fingerprint density at radius 2 is 2.12 bits per heavy atom. The number of aryl methyl sites for hydroxylation is 2. The van der Waals surface area contributed by atoms with Crippen LogP contribution < -0.4 is 5.32 Å². The van der Waals surface area contributed by atoms with Crippen LogP contribution in [0.5, 0.6) is 0 Å². The van der Waals surface area contributed by atoms with Crippen molar-refractivity contribution >= 4 is 10.9 Å². The van der Waals surface area contributed by atoms with Gasteiger partial charge in [0.05, 0.1) is 0 Å². The number of nitrogens with one attached hydrogen (secondary N) is 1. The molecule has 0 saturated heterocycles. The number of pyridine rings is 1. The van der Waals surface area contributed by atoms with Crippen LogP contribution in [0.15, 0.2) is 42.7 Å². The lowest BCUT2D eigenvalue weighted by Crippen LogP contribution is -2.28. The fourth-order valence-electron chi connectivity index (χ4n) is 4.69. The normalized spacial score (nSPS) is 17.9. The Bertz CT molecular complexity index is 922. The first-order valence-corrected chi connectivity index (χ1v) is 9.66. The first-order valence-electron chi connectivity index (χ1n) is 9.66. The molecule has 2 aromatic heterocycles. The quantitative estimate of drug-likeness (QED) is 0.757. The van der Waals surface area contributed by atoms with Crippen molar-refractivity contribution in [2.24, 2.45) is 7.05 Å². The van der Waals surface area contributed by atoms with Crippen LogP contribution in [0.4, 0.5) is 0 Å². The van der Waals surface area contributed by atoms with Gasteiger partial charge in [-0.15, -0.1) is 0 Å². The highest BCUT2D eigenvalue weighted by Crippen LogP contribution is 2.39. The SMILES string of the molecule is Cc1ccc2c(c1)c1c(n2C)C(CC(C)(C)c2cccnc2)CNCC1. The summed E-state index contributed by atoms with van der Waals surface area (Å²) in [5.74, 6) is 0.500. The van der Waals surface area contributed by atoms with E-state index in [1.807, 2.05) is 18.5 Å². The van der Waals surface area contributed by atoms with E-state index >= 15 is 0 Å². The van der Waals surface area contributed by atoms with Crippen LogP contribution in [-0.2, 0) is 18.9 Å². The van der Waals surface area contributed by atoms with Crippen LogP contribution in [0.3, 0.4) is 0 Å². The zero-order chi connectivity index (χ0) is 18.3. The molecule has 3 aromatic rings. The second kappa shape index (κ2) is 6.55. The zero-order valence-corrected chi connectivity index (χ0v) is 16.3. The highest BCUT2D eigenvalue weighted by molar-refractivity contribution is 5.86. The first kappa shape index (κ1) is 17.3. The summed E-state index contributed by atoms with van der Waals surface area (Å²) in [6.45, 7) is 8.99. The lowest BCUT2D eigenvalue weighted by atomic mass is 9.76. The summed E-state index contributed by atoms with van der Waals surface area (Å²) in [7, 11) is 2.24. The first-order chi connectivity index (χ1) is 12.5. The van der Waals surface area contributed by atoms with E-state index in [9.17, 15) is 0 Å². The second-order valence-corrected chi connectivity index (χ2v) is 8.42. The van der Waals surface area contributed by atoms with Crippen molar-refractivity contribution in [1.82, 2.24) is 14.9 Å². The Morgan fingerprint density at radius 3 is 2.88 bits per heavy atom. The molecule has 1 aromatic carbocycles. The minimum atomic E-state index is 0.0919. The van der Waals surface area contributed by atoms with Gasteiger partial charge in [0.25, 0.3) is 0 Å². The lowest BCUT2D eigenvalue weighted by Gasteiger charge is -2.30. The maximum atomic E-state index is 4.35. The smallest absolute Gasteiger partial charge is 0.0483 e. The number of benzene rings is 1. The topological polar surface area (TPSA) is 29.9 Å². The van der Waals surface area contributed by atoms with E-state index in [0.717, 1.165) is 25.9 Å². The minimum absolute atomic E-state index is 0.0919. The molecule has 0 saturated carbocycles. The van der Waals surface area contributed by atoms with Crippen molar-refractivity contribution < 1.29 is 0 Å². The molecule has 3 heterocycles. The Balaban J connectivity index is 1.79. The molecule has 1 unspecified atom stereocenters. The van der Waals surface area contributed by atoms with Gasteiger partial charge in [0, 0.05) is 48.5 Å². The number of fused-ring (bicyclic) bond motifs is 3. The fourth-order valence-corrected chi connectivity index (χ4v) is 4.69. The molecular formula is C23H29N3. The van der Waals surface area contributed by atoms with Gasteiger partial charge in [-0.3, -0.25) is 4.98 Å². The summed E-state index contributed by atoms with van der Waals surface area (Å²) in [5, 5.41) is 5.12. The van der Waals surface area contributed by atoms with Gasteiger partial charge in [0.2, 0.25) is 0 Å². The molecule has 1 atom stereocenters. The van der Waals surface area contributed by atoms with E-state index in [1.54, 1.807) is 5.56 Å². The Labute approximate surface area is 156 Å². The van der Waals surface area contributed by atoms with Crippen molar-refractivity contribution in [3.8, 4) is 0 Å². The predicted octanol–water partition coefficient (Wildman–Crippen LogP) is 4.48. The van der Waals surface area contributed by atoms with Crippen LogP contribution in [-0.4, -0.2) is 22.6 Å². The van der Waals surface area contributed by atoms with Gasteiger partial charge < -0.3 is 9.88 Å². The standard InChI is InChI=1S/C23H29N3/c1-16-7-8-21-20(12-16)19-9-11-25-14-17(22(19)26(21)4)13-23(2,3)18-6-5-10-24-15-18/h5-8,10,12,15,17,25H,9,11,13-14H2,1-4H3. The molecule has 136 valence electrons. The van der Waals surface area contributed by atoms with Crippen molar-refractivity contribution in [2.75, 3.05) is 13.1 Å². The average Bonchev–Trinajstić information content (AvgIpc) is 2.77. The second-order valence-electron chi connectivity index (χ2n) is 8.42.